The van der Waals surface area contributed by atoms with Gasteiger partial charge in [-0.25, -0.2) is 14.4 Å². The summed E-state index contributed by atoms with van der Waals surface area (Å²) in [7, 11) is 1.43. The van der Waals surface area contributed by atoms with E-state index in [1.54, 1.807) is 84.0 Å². The number of aliphatic hydroxyl groups is 2. The number of rotatable bonds is 10. The van der Waals surface area contributed by atoms with Crippen LogP contribution in [0.4, 0.5) is 4.79 Å². The molecule has 7 rings (SSSR count). The Morgan fingerprint density at radius 1 is 0.935 bits per heavy atom. The normalized spacial score (nSPS) is 32.6. The summed E-state index contributed by atoms with van der Waals surface area (Å²) in [6.45, 7) is 11.9. The van der Waals surface area contributed by atoms with Gasteiger partial charge in [-0.3, -0.25) is 14.4 Å². The lowest BCUT2D eigenvalue weighted by Gasteiger charge is -2.64. The molecule has 1 amide bonds. The SMILES string of the molecule is COc1cccc(C(=O)O[C@H]2[C@@H]3[C@]4(OC(C)=O)CO[C@@H]4C[C@@H]4C[C@@]43C(=O)[C@H](OC(C)=O)C3=C(C)[C@@H](OC(=O)[C@H](O)[C@@H](NC(=O)OC(C)(C)C)c4ccccc4)C[C@]2(O)C3(C)C)c1. The molecule has 3 N–H and O–H groups in total. The predicted octanol–water partition coefficient (Wildman–Crippen LogP) is 4.48. The number of carbonyl (C=O) groups excluding carboxylic acids is 6. The third-order valence-corrected chi connectivity index (χ3v) is 13.5. The number of amides is 1. The summed E-state index contributed by atoms with van der Waals surface area (Å²) in [5.74, 6) is -5.48. The minimum atomic E-state index is -2.28. The molecule has 11 atom stereocenters. The number of fused-ring (bicyclic) bond motifs is 4. The maximum absolute atomic E-state index is 15.5. The molecule has 1 saturated heterocycles. The molecule has 4 aliphatic carbocycles. The van der Waals surface area contributed by atoms with Gasteiger partial charge in [-0.1, -0.05) is 50.2 Å². The van der Waals surface area contributed by atoms with Crippen LogP contribution in [0.25, 0.3) is 0 Å². The number of hydrogen-bond donors (Lipinski definition) is 3. The van der Waals surface area contributed by atoms with Crippen molar-refractivity contribution in [2.75, 3.05) is 13.7 Å². The Morgan fingerprint density at radius 2 is 1.63 bits per heavy atom. The summed E-state index contributed by atoms with van der Waals surface area (Å²) in [6.07, 6.45) is -8.38. The lowest BCUT2D eigenvalue weighted by atomic mass is 9.48. The van der Waals surface area contributed by atoms with Gasteiger partial charge in [0.1, 0.15) is 35.3 Å². The molecule has 1 heterocycles. The van der Waals surface area contributed by atoms with Gasteiger partial charge in [0.25, 0.3) is 0 Å². The largest absolute Gasteiger partial charge is 0.497 e. The quantitative estimate of drug-likeness (QED) is 0.170. The van der Waals surface area contributed by atoms with Crippen LogP contribution in [0.1, 0.15) is 96.6 Å². The number of methoxy groups -OCH3 is 1. The van der Waals surface area contributed by atoms with Crippen LogP contribution in [0, 0.1) is 22.7 Å². The van der Waals surface area contributed by atoms with Gasteiger partial charge in [0.2, 0.25) is 0 Å². The van der Waals surface area contributed by atoms with E-state index in [0.29, 0.717) is 17.7 Å². The molecule has 0 aromatic heterocycles. The first-order valence-electron chi connectivity index (χ1n) is 20.7. The van der Waals surface area contributed by atoms with Crippen LogP contribution in [0.5, 0.6) is 5.75 Å². The Hall–Kier alpha value is -5.32. The number of benzene rings is 2. The predicted molar refractivity (Wildman–Crippen MR) is 216 cm³/mol. The van der Waals surface area contributed by atoms with Crippen LogP contribution in [0.15, 0.2) is 65.7 Å². The molecule has 2 aromatic carbocycles. The highest BCUT2D eigenvalue weighted by atomic mass is 16.6. The smallest absolute Gasteiger partial charge is 0.408 e. The zero-order valence-electron chi connectivity index (χ0n) is 36.3. The first-order valence-corrected chi connectivity index (χ1v) is 20.7. The van der Waals surface area contributed by atoms with E-state index < -0.39 is 118 Å². The fourth-order valence-corrected chi connectivity index (χ4v) is 10.6. The number of aliphatic hydroxyl groups excluding tert-OH is 1. The molecule has 0 radical (unpaired) electrons. The first-order chi connectivity index (χ1) is 29.0. The minimum absolute atomic E-state index is 0.0513. The van der Waals surface area contributed by atoms with Crippen molar-refractivity contribution < 1.29 is 72.1 Å². The van der Waals surface area contributed by atoms with Crippen molar-refractivity contribution in [3.05, 3.63) is 76.9 Å². The van der Waals surface area contributed by atoms with Crippen LogP contribution in [-0.2, 0) is 47.6 Å². The Balaban J connectivity index is 1.38. The topological polar surface area (TPSA) is 220 Å². The van der Waals surface area contributed by atoms with E-state index in [1.165, 1.54) is 26.2 Å². The van der Waals surface area contributed by atoms with E-state index in [-0.39, 0.29) is 29.7 Å². The van der Waals surface area contributed by atoms with Crippen molar-refractivity contribution in [1.82, 2.24) is 5.32 Å². The summed E-state index contributed by atoms with van der Waals surface area (Å²) in [6, 6.07) is 13.0. The highest BCUT2D eigenvalue weighted by Crippen LogP contribution is 2.74. The fraction of sp³-hybridized carbons (Fsp3) is 0.565. The molecule has 4 fully saturated rings. The van der Waals surface area contributed by atoms with Crippen molar-refractivity contribution in [2.45, 2.75) is 128 Å². The Kier molecular flexibility index (Phi) is 11.4. The highest BCUT2D eigenvalue weighted by molar-refractivity contribution is 5.97. The molecule has 1 spiro atoms. The van der Waals surface area contributed by atoms with E-state index >= 15 is 4.79 Å². The summed E-state index contributed by atoms with van der Waals surface area (Å²) in [4.78, 5) is 83.3. The average molecular weight is 862 g/mol. The molecule has 3 saturated carbocycles. The second kappa shape index (κ2) is 15.8. The Labute approximate surface area is 359 Å². The molecule has 16 heteroatoms. The third-order valence-electron chi connectivity index (χ3n) is 13.5. The van der Waals surface area contributed by atoms with E-state index in [2.05, 4.69) is 5.32 Å². The fourth-order valence-electron chi connectivity index (χ4n) is 10.6. The van der Waals surface area contributed by atoms with Crippen molar-refractivity contribution in [2.24, 2.45) is 22.7 Å². The average Bonchev–Trinajstić information content (AvgIpc) is 3.92. The van der Waals surface area contributed by atoms with Crippen molar-refractivity contribution in [3.8, 4) is 5.75 Å². The molecule has 2 bridgehead atoms. The summed E-state index contributed by atoms with van der Waals surface area (Å²) in [5.41, 5.74) is -7.06. The maximum Gasteiger partial charge on any atom is 0.408 e. The molecule has 5 aliphatic rings. The summed E-state index contributed by atoms with van der Waals surface area (Å²) >= 11 is 0. The maximum atomic E-state index is 15.5. The lowest BCUT2D eigenvalue weighted by molar-refractivity contribution is -0.323. The number of Topliss-reactive ketones (excluding diaryl/α,β-unsaturated/α-hetero) is 1. The molecule has 334 valence electrons. The van der Waals surface area contributed by atoms with Gasteiger partial charge in [-0.15, -0.1) is 0 Å². The van der Waals surface area contributed by atoms with E-state index in [4.69, 9.17) is 33.2 Å². The molecule has 2 aromatic rings. The Bertz CT molecular complexity index is 2200. The zero-order valence-corrected chi connectivity index (χ0v) is 36.3. The van der Waals surface area contributed by atoms with Crippen molar-refractivity contribution in [3.63, 3.8) is 0 Å². The van der Waals surface area contributed by atoms with E-state index in [9.17, 15) is 34.2 Å². The molecular formula is C46H55NO15. The van der Waals surface area contributed by atoms with Crippen molar-refractivity contribution in [1.29, 1.82) is 0 Å². The third kappa shape index (κ3) is 7.42. The van der Waals surface area contributed by atoms with Gasteiger partial charge >= 0.3 is 30.0 Å². The number of ether oxygens (including phenoxy) is 7. The van der Waals surface area contributed by atoms with Crippen LogP contribution >= 0.6 is 0 Å². The second-order valence-corrected chi connectivity index (χ2v) is 18.7. The molecule has 0 unspecified atom stereocenters. The van der Waals surface area contributed by atoms with Gasteiger partial charge in [0.05, 0.1) is 31.2 Å². The molecule has 62 heavy (non-hydrogen) atoms. The van der Waals surface area contributed by atoms with E-state index in [1.807, 2.05) is 0 Å². The summed E-state index contributed by atoms with van der Waals surface area (Å²) in [5, 5.41) is 28.0. The standard InChI is InChI=1S/C46H55NO15/c1-23-30(59-40(53)34(50)33(26-14-11-10-12-15-26)47-41(54)62-42(4,5)6)21-46(55)38(60-39(52)27-16-13-17-29(18-27)56-9)36-44(37(51)35(58-24(2)48)32(23)43(46,7)8)20-28(44)19-31-45(36,22-57-31)61-25(3)49/h10-18,28,30-31,33-36,38,50,55H,19-22H2,1-9H3,(H,47,54)/t28-,30+,31-,33+,34-,35-,36+,38+,44-,45+,46-/m1/s1. The van der Waals surface area contributed by atoms with Gasteiger partial charge < -0.3 is 48.7 Å². The summed E-state index contributed by atoms with van der Waals surface area (Å²) < 4.78 is 41.5. The number of carbonyl (C=O) groups is 6. The Morgan fingerprint density at radius 3 is 2.23 bits per heavy atom. The van der Waals surface area contributed by atoms with Gasteiger partial charge in [-0.2, -0.15) is 0 Å². The number of alkyl carbamates (subject to hydrolysis) is 1. The molecule has 16 nitrogen and oxygen atoms in total. The van der Waals surface area contributed by atoms with Crippen LogP contribution in [0.3, 0.4) is 0 Å². The number of esters is 4. The molecule has 1 aliphatic heterocycles. The lowest BCUT2D eigenvalue weighted by Crippen LogP contribution is -2.78. The zero-order chi connectivity index (χ0) is 45.3. The number of hydrogen-bond acceptors (Lipinski definition) is 15. The van der Waals surface area contributed by atoms with E-state index in [0.717, 1.165) is 6.92 Å². The highest BCUT2D eigenvalue weighted by Gasteiger charge is 2.84. The van der Waals surface area contributed by atoms with Crippen molar-refractivity contribution >= 4 is 35.8 Å². The van der Waals surface area contributed by atoms with Crippen LogP contribution in [-0.4, -0.2) is 107 Å². The van der Waals surface area contributed by atoms with Crippen LogP contribution in [0.2, 0.25) is 0 Å². The van der Waals surface area contributed by atoms with Crippen LogP contribution < -0.4 is 10.1 Å². The number of nitrogens with one attached hydrogen (secondary N) is 1. The van der Waals surface area contributed by atoms with Gasteiger partial charge in [-0.05, 0) is 81.4 Å². The number of ketones is 1. The van der Waals surface area contributed by atoms with Gasteiger partial charge in [0, 0.05) is 31.1 Å². The molecular weight excluding hydrogens is 806 g/mol. The first kappa shape index (κ1) is 44.7. The minimum Gasteiger partial charge on any atom is -0.497 e. The monoisotopic (exact) mass is 861 g/mol. The van der Waals surface area contributed by atoms with Gasteiger partial charge in [0.15, 0.2) is 23.6 Å². The second-order valence-electron chi connectivity index (χ2n) is 18.7.